The molecule has 2 aliphatic rings. The van der Waals surface area contributed by atoms with Gasteiger partial charge in [0.1, 0.15) is 11.9 Å². The molecular weight excluding hydrogens is 447 g/mol. The van der Waals surface area contributed by atoms with E-state index < -0.39 is 23.7 Å². The summed E-state index contributed by atoms with van der Waals surface area (Å²) in [5.41, 5.74) is -0.692. The highest BCUT2D eigenvalue weighted by atomic mass is 32.1. The van der Waals surface area contributed by atoms with Gasteiger partial charge in [-0.25, -0.2) is 9.78 Å². The molecule has 0 spiro atoms. The van der Waals surface area contributed by atoms with Crippen LogP contribution in [0.25, 0.3) is 10.2 Å². The van der Waals surface area contributed by atoms with Crippen LogP contribution in [0.2, 0.25) is 0 Å². The third-order valence-corrected chi connectivity index (χ3v) is 6.64. The van der Waals surface area contributed by atoms with Crippen LogP contribution in [-0.2, 0) is 10.9 Å². The fraction of sp³-hybridized carbons (Fsp3) is 0.500. The minimum Gasteiger partial charge on any atom is -0.446 e. The number of carbonyl (C=O) groups excluding carboxylic acids is 2. The molecule has 1 N–H and O–H groups in total. The molecule has 0 radical (unpaired) electrons. The van der Waals surface area contributed by atoms with E-state index in [0.29, 0.717) is 39.0 Å². The lowest BCUT2D eigenvalue weighted by molar-refractivity contribution is -0.136. The van der Waals surface area contributed by atoms with E-state index in [1.165, 1.54) is 17.3 Å². The molecule has 170 valence electrons. The Morgan fingerprint density at radius 2 is 2.00 bits per heavy atom. The average Bonchev–Trinajstić information content (AvgIpc) is 3.15. The number of fused-ring (bicyclic) bond motifs is 1. The number of nitriles is 1. The van der Waals surface area contributed by atoms with Crippen LogP contribution >= 0.6 is 11.3 Å². The summed E-state index contributed by atoms with van der Waals surface area (Å²) >= 11 is 0.842. The lowest BCUT2D eigenvalue weighted by Crippen LogP contribution is -2.51. The highest BCUT2D eigenvalue weighted by Crippen LogP contribution is 2.40. The molecule has 2 fully saturated rings. The first-order chi connectivity index (χ1) is 15.2. The summed E-state index contributed by atoms with van der Waals surface area (Å²) in [5, 5.41) is 12.6. The fourth-order valence-corrected chi connectivity index (χ4v) is 4.82. The average molecular weight is 467 g/mol. The zero-order valence-corrected chi connectivity index (χ0v) is 17.9. The van der Waals surface area contributed by atoms with Crippen LogP contribution in [0.4, 0.5) is 23.8 Å². The number of ether oxygens (including phenoxy) is 1. The number of alkyl halides is 3. The number of pyridine rings is 1. The number of hydrogen-bond donors (Lipinski definition) is 1. The standard InChI is InChI=1S/C20H20F3N5O3S/c1-25-18(29)13-10-32-17-14(20(21,22)23)6-15(26-16(13)17)27-4-2-12(3-5-27)31-19(30)28-8-11(7-24)9-28/h6,10-12H,2-5,8-9H2,1H3,(H,25,29). The second kappa shape index (κ2) is 8.46. The van der Waals surface area contributed by atoms with Crippen LogP contribution in [-0.4, -0.2) is 61.2 Å². The Morgan fingerprint density at radius 3 is 2.59 bits per heavy atom. The van der Waals surface area contributed by atoms with Gasteiger partial charge in [-0.1, -0.05) is 0 Å². The molecule has 12 heteroatoms. The van der Waals surface area contributed by atoms with Crippen molar-refractivity contribution in [3.63, 3.8) is 0 Å². The molecular formula is C20H20F3N5O3S. The molecule has 32 heavy (non-hydrogen) atoms. The third kappa shape index (κ3) is 4.17. The molecule has 2 saturated heterocycles. The number of anilines is 1. The maximum absolute atomic E-state index is 13.7. The fourth-order valence-electron chi connectivity index (χ4n) is 3.79. The summed E-state index contributed by atoms with van der Waals surface area (Å²) in [5.74, 6) is -0.521. The van der Waals surface area contributed by atoms with Crippen molar-refractivity contribution in [2.45, 2.75) is 25.1 Å². The first-order valence-corrected chi connectivity index (χ1v) is 10.9. The van der Waals surface area contributed by atoms with Gasteiger partial charge in [0.05, 0.1) is 33.3 Å². The van der Waals surface area contributed by atoms with Crippen molar-refractivity contribution in [2.75, 3.05) is 38.1 Å². The van der Waals surface area contributed by atoms with Gasteiger partial charge in [-0.2, -0.15) is 18.4 Å². The molecule has 2 aromatic heterocycles. The second-order valence-electron chi connectivity index (χ2n) is 7.73. The number of nitrogens with zero attached hydrogens (tertiary/aromatic N) is 4. The predicted octanol–water partition coefficient (Wildman–Crippen LogP) is 3.24. The van der Waals surface area contributed by atoms with E-state index in [1.54, 1.807) is 4.90 Å². The number of hydrogen-bond acceptors (Lipinski definition) is 7. The van der Waals surface area contributed by atoms with Crippen LogP contribution < -0.4 is 10.2 Å². The number of nitrogens with one attached hydrogen (secondary N) is 1. The number of halogens is 3. The highest BCUT2D eigenvalue weighted by molar-refractivity contribution is 7.17. The van der Waals surface area contributed by atoms with Crippen molar-refractivity contribution in [1.29, 1.82) is 5.26 Å². The predicted molar refractivity (Wildman–Crippen MR) is 110 cm³/mol. The van der Waals surface area contributed by atoms with Crippen molar-refractivity contribution in [2.24, 2.45) is 5.92 Å². The number of likely N-dealkylation sites (tertiary alicyclic amines) is 1. The molecule has 0 aliphatic carbocycles. The van der Waals surface area contributed by atoms with Gasteiger partial charge in [-0.3, -0.25) is 4.79 Å². The Morgan fingerprint density at radius 1 is 1.31 bits per heavy atom. The Balaban J connectivity index is 1.50. The van der Waals surface area contributed by atoms with E-state index in [-0.39, 0.29) is 33.6 Å². The van der Waals surface area contributed by atoms with Crippen molar-refractivity contribution >= 4 is 39.4 Å². The van der Waals surface area contributed by atoms with Crippen molar-refractivity contribution in [1.82, 2.24) is 15.2 Å². The summed E-state index contributed by atoms with van der Waals surface area (Å²) in [6.45, 7) is 1.42. The zero-order valence-electron chi connectivity index (χ0n) is 17.1. The smallest absolute Gasteiger partial charge is 0.417 e. The maximum Gasteiger partial charge on any atom is 0.417 e. The lowest BCUT2D eigenvalue weighted by Gasteiger charge is -2.37. The summed E-state index contributed by atoms with van der Waals surface area (Å²) in [7, 11) is 1.41. The minimum atomic E-state index is -4.59. The summed E-state index contributed by atoms with van der Waals surface area (Å²) in [6, 6.07) is 3.10. The van der Waals surface area contributed by atoms with Crippen molar-refractivity contribution < 1.29 is 27.5 Å². The highest BCUT2D eigenvalue weighted by Gasteiger charge is 2.37. The van der Waals surface area contributed by atoms with Crippen LogP contribution in [0.5, 0.6) is 0 Å². The Bertz CT molecular complexity index is 1080. The van der Waals surface area contributed by atoms with Gasteiger partial charge in [-0.15, -0.1) is 11.3 Å². The molecule has 0 saturated carbocycles. The quantitative estimate of drug-likeness (QED) is 0.744. The number of amides is 2. The summed E-state index contributed by atoms with van der Waals surface area (Å²) in [6.07, 6.45) is -4.54. The number of rotatable bonds is 3. The number of aromatic nitrogens is 1. The maximum atomic E-state index is 13.7. The molecule has 2 aliphatic heterocycles. The number of thiophene rings is 1. The lowest BCUT2D eigenvalue weighted by atomic mass is 10.0. The van der Waals surface area contributed by atoms with Crippen LogP contribution in [0, 0.1) is 17.2 Å². The summed E-state index contributed by atoms with van der Waals surface area (Å²) < 4.78 is 46.5. The molecule has 4 rings (SSSR count). The van der Waals surface area contributed by atoms with E-state index in [9.17, 15) is 22.8 Å². The molecule has 0 unspecified atom stereocenters. The van der Waals surface area contributed by atoms with Gasteiger partial charge >= 0.3 is 12.3 Å². The van der Waals surface area contributed by atoms with Gasteiger partial charge < -0.3 is 19.9 Å². The van der Waals surface area contributed by atoms with Crippen LogP contribution in [0.15, 0.2) is 11.4 Å². The molecule has 0 bridgehead atoms. The van der Waals surface area contributed by atoms with E-state index in [2.05, 4.69) is 16.4 Å². The molecule has 2 aromatic rings. The molecule has 2 amide bonds. The van der Waals surface area contributed by atoms with Gasteiger partial charge in [-0.05, 0) is 6.07 Å². The van der Waals surface area contributed by atoms with Gasteiger partial charge in [0.2, 0.25) is 0 Å². The Labute approximate surface area is 185 Å². The van der Waals surface area contributed by atoms with Crippen LogP contribution in [0.1, 0.15) is 28.8 Å². The van der Waals surface area contributed by atoms with Crippen molar-refractivity contribution in [3.8, 4) is 6.07 Å². The van der Waals surface area contributed by atoms with Gasteiger partial charge in [0, 0.05) is 51.4 Å². The normalized spacial score (nSPS) is 17.7. The number of carbonyl (C=O) groups is 2. The second-order valence-corrected chi connectivity index (χ2v) is 8.61. The van der Waals surface area contributed by atoms with Crippen molar-refractivity contribution in [3.05, 3.63) is 22.6 Å². The van der Waals surface area contributed by atoms with E-state index in [0.717, 1.165) is 17.4 Å². The zero-order chi connectivity index (χ0) is 23.0. The molecule has 8 nitrogen and oxygen atoms in total. The largest absolute Gasteiger partial charge is 0.446 e. The van der Waals surface area contributed by atoms with E-state index >= 15 is 0 Å². The summed E-state index contributed by atoms with van der Waals surface area (Å²) in [4.78, 5) is 31.8. The first kappa shape index (κ1) is 22.1. The Kier molecular flexibility index (Phi) is 5.85. The first-order valence-electron chi connectivity index (χ1n) is 10.0. The molecule has 4 heterocycles. The minimum absolute atomic E-state index is 0.0255. The van der Waals surface area contributed by atoms with Gasteiger partial charge in [0.25, 0.3) is 5.91 Å². The van der Waals surface area contributed by atoms with Crippen LogP contribution in [0.3, 0.4) is 0 Å². The SMILES string of the molecule is CNC(=O)c1csc2c(C(F)(F)F)cc(N3CCC(OC(=O)N4CC(C#N)C4)CC3)nc12. The third-order valence-electron chi connectivity index (χ3n) is 5.64. The molecule has 0 atom stereocenters. The Hall–Kier alpha value is -3.07. The number of piperidine rings is 1. The monoisotopic (exact) mass is 467 g/mol. The molecule has 0 aromatic carbocycles. The topological polar surface area (TPSA) is 98.6 Å². The van der Waals surface area contributed by atoms with E-state index in [4.69, 9.17) is 10.00 Å². The van der Waals surface area contributed by atoms with Gasteiger partial charge in [0.15, 0.2) is 0 Å². The van der Waals surface area contributed by atoms with E-state index in [1.807, 2.05) is 0 Å².